The third-order valence-corrected chi connectivity index (χ3v) is 4.04. The number of rotatable bonds is 6. The molecule has 0 unspecified atom stereocenters. The molecular formula is C14H26O. The van der Waals surface area contributed by atoms with E-state index in [1.54, 1.807) is 0 Å². The lowest BCUT2D eigenvalue weighted by Crippen LogP contribution is -2.38. The van der Waals surface area contributed by atoms with Crippen molar-refractivity contribution in [1.82, 2.24) is 0 Å². The monoisotopic (exact) mass is 210 g/mol. The molecule has 0 aliphatic heterocycles. The van der Waals surface area contributed by atoms with Gasteiger partial charge in [-0.3, -0.25) is 0 Å². The van der Waals surface area contributed by atoms with Crippen LogP contribution in [0, 0.1) is 5.92 Å². The Bertz CT molecular complexity index is 197. The highest BCUT2D eigenvalue weighted by Gasteiger charge is 2.39. The van der Waals surface area contributed by atoms with E-state index in [1.807, 2.05) is 0 Å². The second kappa shape index (κ2) is 5.58. The normalized spacial score (nSPS) is 18.1. The molecule has 1 fully saturated rings. The van der Waals surface area contributed by atoms with Gasteiger partial charge in [0.05, 0.1) is 5.76 Å². The zero-order chi connectivity index (χ0) is 11.3. The summed E-state index contributed by atoms with van der Waals surface area (Å²) in [5, 5.41) is 0. The molecule has 1 rings (SSSR count). The van der Waals surface area contributed by atoms with Crippen LogP contribution in [0.25, 0.3) is 0 Å². The highest BCUT2D eigenvalue weighted by molar-refractivity contribution is 4.94. The van der Waals surface area contributed by atoms with Crippen LogP contribution in [0.15, 0.2) is 12.3 Å². The van der Waals surface area contributed by atoms with Gasteiger partial charge in [0.1, 0.15) is 5.60 Å². The minimum atomic E-state index is 0.0869. The predicted molar refractivity (Wildman–Crippen MR) is 65.8 cm³/mol. The molecule has 1 heteroatoms. The summed E-state index contributed by atoms with van der Waals surface area (Å²) in [5.74, 6) is 1.72. The minimum absolute atomic E-state index is 0.0869. The molecule has 1 saturated carbocycles. The first-order valence-corrected chi connectivity index (χ1v) is 6.55. The Morgan fingerprint density at radius 2 is 1.73 bits per heavy atom. The number of allylic oxidation sites excluding steroid dienone is 1. The largest absolute Gasteiger partial charge is 0.492 e. The molecule has 15 heavy (non-hydrogen) atoms. The lowest BCUT2D eigenvalue weighted by Gasteiger charge is -2.39. The van der Waals surface area contributed by atoms with E-state index in [4.69, 9.17) is 4.74 Å². The zero-order valence-electron chi connectivity index (χ0n) is 10.6. The van der Waals surface area contributed by atoms with Crippen molar-refractivity contribution in [2.45, 2.75) is 71.3 Å². The lowest BCUT2D eigenvalue weighted by atomic mass is 9.81. The highest BCUT2D eigenvalue weighted by atomic mass is 16.5. The van der Waals surface area contributed by atoms with Gasteiger partial charge < -0.3 is 4.74 Å². The summed E-state index contributed by atoms with van der Waals surface area (Å²) in [4.78, 5) is 0. The van der Waals surface area contributed by atoms with E-state index in [-0.39, 0.29) is 5.60 Å². The average molecular weight is 210 g/mol. The van der Waals surface area contributed by atoms with Gasteiger partial charge in [-0.25, -0.2) is 0 Å². The van der Waals surface area contributed by atoms with Gasteiger partial charge in [0.15, 0.2) is 0 Å². The standard InChI is InChI=1S/C14H26O/c1-5-12(4)15-14(6-2,7-3)13-10-8-9-11-13/h13H,4-11H2,1-3H3. The highest BCUT2D eigenvalue weighted by Crippen LogP contribution is 2.41. The van der Waals surface area contributed by atoms with Crippen molar-refractivity contribution >= 4 is 0 Å². The van der Waals surface area contributed by atoms with Crippen LogP contribution < -0.4 is 0 Å². The quantitative estimate of drug-likeness (QED) is 0.579. The molecule has 1 nitrogen and oxygen atoms in total. The van der Waals surface area contributed by atoms with Crippen LogP contribution in [0.5, 0.6) is 0 Å². The van der Waals surface area contributed by atoms with Crippen molar-refractivity contribution in [3.05, 3.63) is 12.3 Å². The van der Waals surface area contributed by atoms with Gasteiger partial charge in [-0.15, -0.1) is 0 Å². The van der Waals surface area contributed by atoms with Crippen molar-refractivity contribution in [2.24, 2.45) is 5.92 Å². The average Bonchev–Trinajstić information content (AvgIpc) is 2.79. The second-order valence-electron chi connectivity index (χ2n) is 4.75. The SMILES string of the molecule is C=C(CC)OC(CC)(CC)C1CCCC1. The van der Waals surface area contributed by atoms with E-state index in [0.29, 0.717) is 0 Å². The first-order valence-electron chi connectivity index (χ1n) is 6.55. The summed E-state index contributed by atoms with van der Waals surface area (Å²) in [6.45, 7) is 10.6. The first-order chi connectivity index (χ1) is 7.18. The van der Waals surface area contributed by atoms with Crippen LogP contribution >= 0.6 is 0 Å². The van der Waals surface area contributed by atoms with Gasteiger partial charge in [-0.1, -0.05) is 40.2 Å². The number of hydrogen-bond acceptors (Lipinski definition) is 1. The lowest BCUT2D eigenvalue weighted by molar-refractivity contribution is -0.0547. The Kier molecular flexibility index (Phi) is 4.69. The Hall–Kier alpha value is -0.460. The van der Waals surface area contributed by atoms with E-state index in [0.717, 1.165) is 30.9 Å². The van der Waals surface area contributed by atoms with Gasteiger partial charge in [0, 0.05) is 6.42 Å². The van der Waals surface area contributed by atoms with Crippen LogP contribution in [0.2, 0.25) is 0 Å². The van der Waals surface area contributed by atoms with E-state index >= 15 is 0 Å². The topological polar surface area (TPSA) is 9.23 Å². The molecule has 1 aliphatic carbocycles. The fourth-order valence-electron chi connectivity index (χ4n) is 2.87. The molecule has 0 bridgehead atoms. The van der Waals surface area contributed by atoms with Crippen molar-refractivity contribution < 1.29 is 4.74 Å². The van der Waals surface area contributed by atoms with Gasteiger partial charge in [0.25, 0.3) is 0 Å². The smallest absolute Gasteiger partial charge is 0.111 e. The molecule has 0 amide bonds. The Balaban J connectivity index is 2.71. The molecule has 0 spiro atoms. The van der Waals surface area contributed by atoms with Crippen LogP contribution in [-0.4, -0.2) is 5.60 Å². The number of hydrogen-bond donors (Lipinski definition) is 0. The molecule has 0 N–H and O–H groups in total. The second-order valence-corrected chi connectivity index (χ2v) is 4.75. The molecule has 0 aromatic carbocycles. The van der Waals surface area contributed by atoms with E-state index in [2.05, 4.69) is 27.4 Å². The molecule has 0 aromatic rings. The van der Waals surface area contributed by atoms with E-state index in [1.165, 1.54) is 25.7 Å². The Morgan fingerprint density at radius 3 is 2.13 bits per heavy atom. The third kappa shape index (κ3) is 2.76. The summed E-state index contributed by atoms with van der Waals surface area (Å²) < 4.78 is 6.18. The molecule has 0 atom stereocenters. The molecule has 0 heterocycles. The summed E-state index contributed by atoms with van der Waals surface area (Å²) in [6.07, 6.45) is 8.63. The fraction of sp³-hybridized carbons (Fsp3) is 0.857. The van der Waals surface area contributed by atoms with E-state index in [9.17, 15) is 0 Å². The minimum Gasteiger partial charge on any atom is -0.492 e. The summed E-state index contributed by atoms with van der Waals surface area (Å²) in [5.41, 5.74) is 0.0869. The summed E-state index contributed by atoms with van der Waals surface area (Å²) in [7, 11) is 0. The molecule has 1 aliphatic rings. The Morgan fingerprint density at radius 1 is 1.20 bits per heavy atom. The molecule has 0 saturated heterocycles. The number of ether oxygens (including phenoxy) is 1. The molecule has 0 aromatic heterocycles. The van der Waals surface area contributed by atoms with Gasteiger partial charge in [0.2, 0.25) is 0 Å². The molecular weight excluding hydrogens is 184 g/mol. The fourth-order valence-corrected chi connectivity index (χ4v) is 2.87. The maximum absolute atomic E-state index is 6.18. The van der Waals surface area contributed by atoms with Gasteiger partial charge in [-0.2, -0.15) is 0 Å². The van der Waals surface area contributed by atoms with Crippen LogP contribution in [0.3, 0.4) is 0 Å². The van der Waals surface area contributed by atoms with E-state index < -0.39 is 0 Å². The third-order valence-electron chi connectivity index (χ3n) is 4.04. The maximum Gasteiger partial charge on any atom is 0.111 e. The first kappa shape index (κ1) is 12.6. The molecule has 0 radical (unpaired) electrons. The van der Waals surface area contributed by atoms with Gasteiger partial charge in [-0.05, 0) is 31.6 Å². The van der Waals surface area contributed by atoms with Crippen molar-refractivity contribution in [3.8, 4) is 0 Å². The summed E-state index contributed by atoms with van der Waals surface area (Å²) in [6, 6.07) is 0. The van der Waals surface area contributed by atoms with Crippen LogP contribution in [-0.2, 0) is 4.74 Å². The predicted octanol–water partition coefficient (Wildman–Crippen LogP) is 4.68. The van der Waals surface area contributed by atoms with Crippen LogP contribution in [0.1, 0.15) is 65.7 Å². The maximum atomic E-state index is 6.18. The molecule has 88 valence electrons. The van der Waals surface area contributed by atoms with Crippen molar-refractivity contribution in [3.63, 3.8) is 0 Å². The Labute approximate surface area is 94.9 Å². The zero-order valence-corrected chi connectivity index (χ0v) is 10.6. The van der Waals surface area contributed by atoms with Crippen LogP contribution in [0.4, 0.5) is 0 Å². The van der Waals surface area contributed by atoms with Gasteiger partial charge >= 0.3 is 0 Å². The van der Waals surface area contributed by atoms with Crippen molar-refractivity contribution in [2.75, 3.05) is 0 Å². The van der Waals surface area contributed by atoms with Crippen molar-refractivity contribution in [1.29, 1.82) is 0 Å². The summed E-state index contributed by atoms with van der Waals surface area (Å²) >= 11 is 0.